The van der Waals surface area contributed by atoms with Crippen molar-refractivity contribution in [3.63, 3.8) is 0 Å². The molecule has 0 bridgehead atoms. The van der Waals surface area contributed by atoms with E-state index in [4.69, 9.17) is 4.74 Å². The Kier molecular flexibility index (Phi) is 4.79. The number of amides is 2. The van der Waals surface area contributed by atoms with Gasteiger partial charge in [0.1, 0.15) is 5.69 Å². The molecule has 2 heterocycles. The van der Waals surface area contributed by atoms with E-state index in [2.05, 4.69) is 10.3 Å². The lowest BCUT2D eigenvalue weighted by Gasteiger charge is -2.32. The molecule has 1 aromatic rings. The molecule has 1 atom stereocenters. The van der Waals surface area contributed by atoms with E-state index in [9.17, 15) is 9.59 Å². The molecule has 6 nitrogen and oxygen atoms in total. The maximum atomic E-state index is 12.0. The van der Waals surface area contributed by atoms with E-state index in [1.165, 1.54) is 0 Å². The fourth-order valence-electron chi connectivity index (χ4n) is 2.21. The van der Waals surface area contributed by atoms with Crippen molar-refractivity contribution in [2.24, 2.45) is 0 Å². The molecule has 0 aliphatic carbocycles. The van der Waals surface area contributed by atoms with Crippen molar-refractivity contribution in [2.75, 3.05) is 26.2 Å². The van der Waals surface area contributed by atoms with Crippen LogP contribution in [0.2, 0.25) is 0 Å². The average Bonchev–Trinajstić information content (AvgIpc) is 2.94. The molecule has 1 fully saturated rings. The number of hydrogen-bond donors (Lipinski definition) is 2. The zero-order valence-corrected chi connectivity index (χ0v) is 11.9. The Morgan fingerprint density at radius 1 is 1.50 bits per heavy atom. The third-order valence-corrected chi connectivity index (χ3v) is 3.45. The number of carbonyl (C=O) groups is 2. The minimum Gasteiger partial charge on any atom is -0.373 e. The lowest BCUT2D eigenvalue weighted by Crippen LogP contribution is -2.49. The van der Waals surface area contributed by atoms with Crippen LogP contribution in [0, 0.1) is 0 Å². The summed E-state index contributed by atoms with van der Waals surface area (Å²) in [5.41, 5.74) is 1.59. The van der Waals surface area contributed by atoms with Gasteiger partial charge in [0.15, 0.2) is 0 Å². The van der Waals surface area contributed by atoms with Gasteiger partial charge >= 0.3 is 0 Å². The molecule has 2 amide bonds. The van der Waals surface area contributed by atoms with Gasteiger partial charge in [-0.15, -0.1) is 0 Å². The van der Waals surface area contributed by atoms with Crippen molar-refractivity contribution in [2.45, 2.75) is 26.4 Å². The first kappa shape index (κ1) is 14.6. The summed E-state index contributed by atoms with van der Waals surface area (Å²) < 4.78 is 5.55. The predicted octanol–water partition coefficient (Wildman–Crippen LogP) is 0.554. The van der Waals surface area contributed by atoms with Crippen molar-refractivity contribution < 1.29 is 14.3 Å². The second-order valence-electron chi connectivity index (χ2n) is 4.92. The standard InChI is InChI=1S/C14H21N3O3/c1-3-11-4-5-13(16-11)14(19)15-8-12-9-17(10(2)18)6-7-20-12/h4-5,12,16H,3,6-9H2,1-2H3,(H,15,19)/t12-/m1/s1. The van der Waals surface area contributed by atoms with Crippen LogP contribution in [0.4, 0.5) is 0 Å². The summed E-state index contributed by atoms with van der Waals surface area (Å²) in [7, 11) is 0. The van der Waals surface area contributed by atoms with Crippen molar-refractivity contribution >= 4 is 11.8 Å². The Morgan fingerprint density at radius 3 is 2.95 bits per heavy atom. The van der Waals surface area contributed by atoms with Crippen LogP contribution >= 0.6 is 0 Å². The van der Waals surface area contributed by atoms with Gasteiger partial charge in [-0.1, -0.05) is 6.92 Å². The highest BCUT2D eigenvalue weighted by Gasteiger charge is 2.22. The molecule has 6 heteroatoms. The van der Waals surface area contributed by atoms with Crippen LogP contribution in [-0.4, -0.2) is 54.0 Å². The molecule has 1 saturated heterocycles. The molecule has 0 aromatic carbocycles. The third kappa shape index (κ3) is 3.60. The Balaban J connectivity index is 1.82. The maximum Gasteiger partial charge on any atom is 0.267 e. The number of H-pyrrole nitrogens is 1. The van der Waals surface area contributed by atoms with Crippen LogP contribution in [0.3, 0.4) is 0 Å². The van der Waals surface area contributed by atoms with Crippen LogP contribution in [0.25, 0.3) is 0 Å². The van der Waals surface area contributed by atoms with Gasteiger partial charge in [0.25, 0.3) is 5.91 Å². The van der Waals surface area contributed by atoms with Crippen LogP contribution in [-0.2, 0) is 16.0 Å². The fourth-order valence-corrected chi connectivity index (χ4v) is 2.21. The van der Waals surface area contributed by atoms with E-state index in [0.29, 0.717) is 31.9 Å². The summed E-state index contributed by atoms with van der Waals surface area (Å²) in [5.74, 6) is -0.102. The van der Waals surface area contributed by atoms with Crippen molar-refractivity contribution in [3.05, 3.63) is 23.5 Å². The Hall–Kier alpha value is -1.82. The molecule has 0 saturated carbocycles. The minimum absolute atomic E-state index is 0.0431. The van der Waals surface area contributed by atoms with Gasteiger partial charge in [-0.3, -0.25) is 9.59 Å². The molecule has 1 aliphatic heterocycles. The fraction of sp³-hybridized carbons (Fsp3) is 0.571. The van der Waals surface area contributed by atoms with E-state index in [-0.39, 0.29) is 17.9 Å². The number of nitrogens with one attached hydrogen (secondary N) is 2. The van der Waals surface area contributed by atoms with Crippen molar-refractivity contribution in [1.82, 2.24) is 15.2 Å². The molecular weight excluding hydrogens is 258 g/mol. The quantitative estimate of drug-likeness (QED) is 0.845. The number of aromatic amines is 1. The summed E-state index contributed by atoms with van der Waals surface area (Å²) in [6, 6.07) is 3.68. The molecule has 20 heavy (non-hydrogen) atoms. The van der Waals surface area contributed by atoms with Crippen molar-refractivity contribution in [3.8, 4) is 0 Å². The minimum atomic E-state index is -0.145. The normalized spacial score (nSPS) is 18.9. The highest BCUT2D eigenvalue weighted by atomic mass is 16.5. The van der Waals surface area contributed by atoms with Gasteiger partial charge < -0.3 is 19.9 Å². The molecule has 1 aliphatic rings. The summed E-state index contributed by atoms with van der Waals surface area (Å²) in [6.45, 7) is 5.65. The predicted molar refractivity (Wildman–Crippen MR) is 74.5 cm³/mol. The molecule has 1 aromatic heterocycles. The highest BCUT2D eigenvalue weighted by Crippen LogP contribution is 2.06. The lowest BCUT2D eigenvalue weighted by atomic mass is 10.2. The van der Waals surface area contributed by atoms with Crippen LogP contribution in [0.15, 0.2) is 12.1 Å². The maximum absolute atomic E-state index is 12.0. The molecule has 0 unspecified atom stereocenters. The number of hydrogen-bond acceptors (Lipinski definition) is 3. The van der Waals surface area contributed by atoms with Crippen LogP contribution in [0.5, 0.6) is 0 Å². The highest BCUT2D eigenvalue weighted by molar-refractivity contribution is 5.92. The Bertz CT molecular complexity index is 484. The van der Waals surface area contributed by atoms with Gasteiger partial charge in [-0.25, -0.2) is 0 Å². The van der Waals surface area contributed by atoms with E-state index < -0.39 is 0 Å². The molecular formula is C14H21N3O3. The number of carbonyl (C=O) groups excluding carboxylic acids is 2. The first-order chi connectivity index (χ1) is 9.60. The van der Waals surface area contributed by atoms with Gasteiger partial charge in [0.05, 0.1) is 12.7 Å². The Labute approximate surface area is 118 Å². The average molecular weight is 279 g/mol. The first-order valence-electron chi connectivity index (χ1n) is 6.93. The number of aryl methyl sites for hydroxylation is 1. The van der Waals surface area contributed by atoms with E-state index in [1.54, 1.807) is 17.9 Å². The number of ether oxygens (including phenoxy) is 1. The second kappa shape index (κ2) is 6.56. The number of rotatable bonds is 4. The number of aromatic nitrogens is 1. The summed E-state index contributed by atoms with van der Waals surface area (Å²) in [6.07, 6.45) is 0.726. The smallest absolute Gasteiger partial charge is 0.267 e. The van der Waals surface area contributed by atoms with Gasteiger partial charge in [0.2, 0.25) is 5.91 Å². The van der Waals surface area contributed by atoms with Gasteiger partial charge in [-0.2, -0.15) is 0 Å². The molecule has 0 radical (unpaired) electrons. The topological polar surface area (TPSA) is 74.4 Å². The first-order valence-corrected chi connectivity index (χ1v) is 6.93. The number of nitrogens with zero attached hydrogens (tertiary/aromatic N) is 1. The second-order valence-corrected chi connectivity index (χ2v) is 4.92. The molecule has 110 valence electrons. The van der Waals surface area contributed by atoms with Crippen molar-refractivity contribution in [1.29, 1.82) is 0 Å². The number of morpholine rings is 1. The van der Waals surface area contributed by atoms with E-state index in [1.807, 2.05) is 13.0 Å². The Morgan fingerprint density at radius 2 is 2.30 bits per heavy atom. The van der Waals surface area contributed by atoms with Gasteiger partial charge in [0, 0.05) is 32.3 Å². The van der Waals surface area contributed by atoms with Crippen LogP contribution in [0.1, 0.15) is 30.0 Å². The molecule has 0 spiro atoms. The van der Waals surface area contributed by atoms with E-state index in [0.717, 1.165) is 12.1 Å². The zero-order chi connectivity index (χ0) is 14.5. The largest absolute Gasteiger partial charge is 0.373 e. The van der Waals surface area contributed by atoms with Gasteiger partial charge in [-0.05, 0) is 18.6 Å². The SMILES string of the molecule is CCc1ccc(C(=O)NC[C@@H]2CN(C(C)=O)CCO2)[nH]1. The lowest BCUT2D eigenvalue weighted by molar-refractivity contribution is -0.136. The van der Waals surface area contributed by atoms with Crippen LogP contribution < -0.4 is 5.32 Å². The zero-order valence-electron chi connectivity index (χ0n) is 11.9. The van der Waals surface area contributed by atoms with E-state index >= 15 is 0 Å². The monoisotopic (exact) mass is 279 g/mol. The third-order valence-electron chi connectivity index (χ3n) is 3.45. The summed E-state index contributed by atoms with van der Waals surface area (Å²) in [4.78, 5) is 28.1. The molecule has 2 N–H and O–H groups in total. The molecule has 2 rings (SSSR count). The summed E-state index contributed by atoms with van der Waals surface area (Å²) in [5, 5.41) is 2.83. The summed E-state index contributed by atoms with van der Waals surface area (Å²) >= 11 is 0.